The van der Waals surface area contributed by atoms with E-state index < -0.39 is 5.97 Å². The van der Waals surface area contributed by atoms with Gasteiger partial charge in [0.15, 0.2) is 0 Å². The van der Waals surface area contributed by atoms with E-state index in [-0.39, 0.29) is 12.3 Å². The van der Waals surface area contributed by atoms with Crippen molar-refractivity contribution in [2.75, 3.05) is 0 Å². The predicted molar refractivity (Wildman–Crippen MR) is 80.0 cm³/mol. The Kier molecular flexibility index (Phi) is 4.09. The van der Waals surface area contributed by atoms with Crippen LogP contribution in [-0.2, 0) is 4.79 Å². The molecule has 0 spiro atoms. The summed E-state index contributed by atoms with van der Waals surface area (Å²) in [5.74, 6) is 0.898. The van der Waals surface area contributed by atoms with Crippen LogP contribution in [0.15, 0.2) is 24.3 Å². The number of carboxylic acid groups (broad SMARTS) is 1. The summed E-state index contributed by atoms with van der Waals surface area (Å²) in [7, 11) is 0. The Bertz CT molecular complexity index is 453. The van der Waals surface area contributed by atoms with E-state index >= 15 is 0 Å². The second-order valence-electron chi connectivity index (χ2n) is 6.54. The van der Waals surface area contributed by atoms with Crippen molar-refractivity contribution in [3.63, 3.8) is 0 Å². The molecule has 0 saturated heterocycles. The Balaban J connectivity index is 1.72. The quantitative estimate of drug-likeness (QED) is 0.843. The zero-order chi connectivity index (χ0) is 13.9. The molecule has 1 unspecified atom stereocenters. The predicted octanol–water partition coefficient (Wildman–Crippen LogP) is 4.70. The average Bonchev–Trinajstić information content (AvgIpc) is 3.30. The molecule has 1 aromatic carbocycles. The van der Waals surface area contributed by atoms with Crippen molar-refractivity contribution >= 4 is 5.97 Å². The van der Waals surface area contributed by atoms with Gasteiger partial charge in [0.2, 0.25) is 0 Å². The van der Waals surface area contributed by atoms with E-state index in [1.165, 1.54) is 56.1 Å². The highest BCUT2D eigenvalue weighted by atomic mass is 16.4. The van der Waals surface area contributed by atoms with Gasteiger partial charge in [0.25, 0.3) is 0 Å². The smallest absolute Gasteiger partial charge is 0.303 e. The minimum Gasteiger partial charge on any atom is -0.481 e. The first-order valence-electron chi connectivity index (χ1n) is 8.05. The monoisotopic (exact) mass is 272 g/mol. The van der Waals surface area contributed by atoms with Gasteiger partial charge >= 0.3 is 5.97 Å². The number of hydrogen-bond acceptors (Lipinski definition) is 1. The van der Waals surface area contributed by atoms with E-state index in [4.69, 9.17) is 5.11 Å². The van der Waals surface area contributed by atoms with Gasteiger partial charge in [-0.05, 0) is 54.6 Å². The molecule has 0 radical (unpaired) electrons. The summed E-state index contributed by atoms with van der Waals surface area (Å²) in [5, 5.41) is 9.08. The van der Waals surface area contributed by atoms with Gasteiger partial charge in [-0.2, -0.15) is 0 Å². The minimum atomic E-state index is -0.668. The largest absolute Gasteiger partial charge is 0.481 e. The number of benzene rings is 1. The molecular formula is C18H24O2. The third kappa shape index (κ3) is 3.23. The van der Waals surface area contributed by atoms with Gasteiger partial charge in [-0.3, -0.25) is 4.79 Å². The lowest BCUT2D eigenvalue weighted by Crippen LogP contribution is -2.09. The SMILES string of the molecule is O=C(O)CC(c1ccc(C2CCCCC2)cc1)C1CC1. The Morgan fingerprint density at radius 2 is 1.70 bits per heavy atom. The van der Waals surface area contributed by atoms with Crippen LogP contribution in [0.5, 0.6) is 0 Å². The molecule has 2 aliphatic rings. The third-order valence-electron chi connectivity index (χ3n) is 5.03. The number of rotatable bonds is 5. The van der Waals surface area contributed by atoms with Crippen LogP contribution in [0.2, 0.25) is 0 Å². The van der Waals surface area contributed by atoms with Crippen molar-refractivity contribution in [2.45, 2.75) is 63.2 Å². The second kappa shape index (κ2) is 5.99. The Morgan fingerprint density at radius 3 is 2.25 bits per heavy atom. The summed E-state index contributed by atoms with van der Waals surface area (Å²) in [6.45, 7) is 0. The van der Waals surface area contributed by atoms with Crippen molar-refractivity contribution < 1.29 is 9.90 Å². The molecule has 2 fully saturated rings. The lowest BCUT2D eigenvalue weighted by Gasteiger charge is -2.23. The van der Waals surface area contributed by atoms with Crippen LogP contribution < -0.4 is 0 Å². The van der Waals surface area contributed by atoms with Crippen molar-refractivity contribution in [2.24, 2.45) is 5.92 Å². The maximum absolute atomic E-state index is 11.0. The number of hydrogen-bond donors (Lipinski definition) is 1. The van der Waals surface area contributed by atoms with Gasteiger partial charge in [0.1, 0.15) is 0 Å². The fourth-order valence-corrected chi connectivity index (χ4v) is 3.69. The lowest BCUT2D eigenvalue weighted by molar-refractivity contribution is -0.137. The van der Waals surface area contributed by atoms with E-state index in [9.17, 15) is 4.79 Å². The molecule has 0 aromatic heterocycles. The molecule has 1 aromatic rings. The van der Waals surface area contributed by atoms with Gasteiger partial charge in [-0.25, -0.2) is 0 Å². The molecule has 1 N–H and O–H groups in total. The molecule has 0 bridgehead atoms. The van der Waals surface area contributed by atoms with Crippen LogP contribution in [0.25, 0.3) is 0 Å². The molecule has 1 atom stereocenters. The summed E-state index contributed by atoms with van der Waals surface area (Å²) in [5.41, 5.74) is 2.69. The summed E-state index contributed by atoms with van der Waals surface area (Å²) >= 11 is 0. The zero-order valence-corrected chi connectivity index (χ0v) is 12.1. The van der Waals surface area contributed by atoms with E-state index in [2.05, 4.69) is 24.3 Å². The first-order chi connectivity index (χ1) is 9.74. The van der Waals surface area contributed by atoms with Crippen LogP contribution in [0.4, 0.5) is 0 Å². The minimum absolute atomic E-state index is 0.230. The van der Waals surface area contributed by atoms with Gasteiger partial charge < -0.3 is 5.11 Å². The maximum atomic E-state index is 11.0. The Morgan fingerprint density at radius 1 is 1.05 bits per heavy atom. The highest BCUT2D eigenvalue weighted by molar-refractivity contribution is 5.68. The van der Waals surface area contributed by atoms with Crippen molar-refractivity contribution in [3.8, 4) is 0 Å². The van der Waals surface area contributed by atoms with Crippen LogP contribution in [0, 0.1) is 5.92 Å². The molecule has 2 saturated carbocycles. The van der Waals surface area contributed by atoms with Crippen molar-refractivity contribution in [1.82, 2.24) is 0 Å². The first kappa shape index (κ1) is 13.7. The highest BCUT2D eigenvalue weighted by Gasteiger charge is 2.33. The molecule has 3 rings (SSSR count). The summed E-state index contributed by atoms with van der Waals surface area (Å²) < 4.78 is 0. The highest BCUT2D eigenvalue weighted by Crippen LogP contribution is 2.45. The topological polar surface area (TPSA) is 37.3 Å². The number of aliphatic carboxylic acids is 1. The molecular weight excluding hydrogens is 248 g/mol. The van der Waals surface area contributed by atoms with Crippen LogP contribution in [0.1, 0.15) is 74.3 Å². The normalized spacial score (nSPS) is 21.6. The number of carbonyl (C=O) groups is 1. The Labute approximate surface area is 121 Å². The zero-order valence-electron chi connectivity index (χ0n) is 12.1. The molecule has 2 nitrogen and oxygen atoms in total. The molecule has 0 amide bonds. The fourth-order valence-electron chi connectivity index (χ4n) is 3.69. The van der Waals surface area contributed by atoms with Gasteiger partial charge in [-0.15, -0.1) is 0 Å². The van der Waals surface area contributed by atoms with Gasteiger partial charge in [-0.1, -0.05) is 43.5 Å². The van der Waals surface area contributed by atoms with Gasteiger partial charge in [0.05, 0.1) is 6.42 Å². The number of carboxylic acids is 1. The molecule has 2 aliphatic carbocycles. The summed E-state index contributed by atoms with van der Waals surface area (Å²) in [6, 6.07) is 8.89. The van der Waals surface area contributed by atoms with Crippen LogP contribution in [-0.4, -0.2) is 11.1 Å². The summed E-state index contributed by atoms with van der Waals surface area (Å²) in [6.07, 6.45) is 9.42. The molecule has 108 valence electrons. The Hall–Kier alpha value is -1.31. The van der Waals surface area contributed by atoms with Crippen LogP contribution in [0.3, 0.4) is 0 Å². The van der Waals surface area contributed by atoms with E-state index in [0.29, 0.717) is 5.92 Å². The standard InChI is InChI=1S/C18H24O2/c19-18(20)12-17(16-10-11-16)15-8-6-14(7-9-15)13-4-2-1-3-5-13/h6-9,13,16-17H,1-5,10-12H2,(H,19,20). The summed E-state index contributed by atoms with van der Waals surface area (Å²) in [4.78, 5) is 11.0. The van der Waals surface area contributed by atoms with E-state index in [0.717, 1.165) is 5.92 Å². The average molecular weight is 272 g/mol. The molecule has 2 heteroatoms. The second-order valence-corrected chi connectivity index (χ2v) is 6.54. The van der Waals surface area contributed by atoms with Crippen LogP contribution >= 0.6 is 0 Å². The first-order valence-corrected chi connectivity index (χ1v) is 8.05. The van der Waals surface area contributed by atoms with Crippen molar-refractivity contribution in [1.29, 1.82) is 0 Å². The molecule has 0 heterocycles. The third-order valence-corrected chi connectivity index (χ3v) is 5.03. The molecule has 0 aliphatic heterocycles. The fraction of sp³-hybridized carbons (Fsp3) is 0.611. The lowest BCUT2D eigenvalue weighted by atomic mass is 9.82. The molecule has 20 heavy (non-hydrogen) atoms. The maximum Gasteiger partial charge on any atom is 0.303 e. The van der Waals surface area contributed by atoms with E-state index in [1.54, 1.807) is 0 Å². The van der Waals surface area contributed by atoms with Gasteiger partial charge in [0, 0.05) is 0 Å². The van der Waals surface area contributed by atoms with E-state index in [1.807, 2.05) is 0 Å². The van der Waals surface area contributed by atoms with Crippen molar-refractivity contribution in [3.05, 3.63) is 35.4 Å².